The Morgan fingerprint density at radius 3 is 2.46 bits per heavy atom. The van der Waals surface area contributed by atoms with Gasteiger partial charge in [-0.25, -0.2) is 4.39 Å². The molecule has 54 heavy (non-hydrogen) atoms. The van der Waals surface area contributed by atoms with Crippen LogP contribution in [0.3, 0.4) is 0 Å². The molecule has 7 heteroatoms. The van der Waals surface area contributed by atoms with E-state index in [1.54, 1.807) is 13.2 Å². The van der Waals surface area contributed by atoms with Gasteiger partial charge in [-0.15, -0.1) is 0 Å². The minimum atomic E-state index is -0.132. The average Bonchev–Trinajstić information content (AvgIpc) is 3.75. The predicted molar refractivity (Wildman–Crippen MR) is 211 cm³/mol. The number of nitrogens with zero attached hydrogens (tertiary/aromatic N) is 2. The molecule has 1 N–H and O–H groups in total. The highest BCUT2D eigenvalue weighted by molar-refractivity contribution is 6.01. The molecule has 0 aromatic heterocycles. The molecule has 4 aromatic rings. The van der Waals surface area contributed by atoms with Crippen LogP contribution in [0.1, 0.15) is 106 Å². The van der Waals surface area contributed by atoms with Gasteiger partial charge in [0.2, 0.25) is 0 Å². The van der Waals surface area contributed by atoms with Crippen LogP contribution in [0.15, 0.2) is 72.8 Å². The van der Waals surface area contributed by atoms with E-state index >= 15 is 4.39 Å². The lowest BCUT2D eigenvalue weighted by Gasteiger charge is -2.55. The summed E-state index contributed by atoms with van der Waals surface area (Å²) in [7, 11) is 1.74. The fraction of sp³-hybridized carbons (Fsp3) is 0.468. The highest BCUT2D eigenvalue weighted by atomic mass is 19.1. The van der Waals surface area contributed by atoms with Crippen LogP contribution >= 0.6 is 0 Å². The van der Waals surface area contributed by atoms with E-state index in [0.29, 0.717) is 17.6 Å². The van der Waals surface area contributed by atoms with Crippen molar-refractivity contribution in [3.05, 3.63) is 123 Å². The first-order valence-corrected chi connectivity index (χ1v) is 20.4. The number of hydrogen-bond donors (Lipinski definition) is 1. The summed E-state index contributed by atoms with van der Waals surface area (Å²) in [5.74, 6) is 2.70. The van der Waals surface area contributed by atoms with Crippen molar-refractivity contribution in [1.29, 1.82) is 0 Å². The van der Waals surface area contributed by atoms with E-state index in [0.717, 1.165) is 98.1 Å². The number of rotatable bonds is 6. The van der Waals surface area contributed by atoms with E-state index in [4.69, 9.17) is 9.47 Å². The zero-order chi connectivity index (χ0) is 36.6. The molecule has 1 saturated carbocycles. The third kappa shape index (κ3) is 5.55. The molecule has 4 aliphatic heterocycles. The number of methoxy groups -OCH3 is 1. The molecular formula is C47H52FN3O3. The second-order valence-electron chi connectivity index (χ2n) is 17.6. The number of carbonyl (C=O) groups excluding carboxylic acids is 1. The van der Waals surface area contributed by atoms with Gasteiger partial charge in [0.25, 0.3) is 5.91 Å². The van der Waals surface area contributed by atoms with Gasteiger partial charge in [0, 0.05) is 65.7 Å². The van der Waals surface area contributed by atoms with Gasteiger partial charge in [-0.2, -0.15) is 0 Å². The first kappa shape index (κ1) is 34.2. The van der Waals surface area contributed by atoms with Gasteiger partial charge < -0.3 is 24.6 Å². The number of halogens is 1. The summed E-state index contributed by atoms with van der Waals surface area (Å²) >= 11 is 0. The van der Waals surface area contributed by atoms with Gasteiger partial charge in [-0.05, 0) is 112 Å². The number of fused-ring (bicyclic) bond motifs is 5. The standard InChI is InChI=1S/C47H52FN3O3/c1-30-22-38-44(37-25-49-45(52)42(30)37)54-29-47(38)18-20-50(21-19-47)26-31-14-16-46(17-15-31)27-51(28-46)40-24-41(53-2)36(23-39(40)48)43-34-11-7-6-10-33(34)12-13-35(43)32-8-4-3-5-9-32/h3-11,22-24,31,35,43H,12-21,25-29H2,1-2H3,(H,49,52). The van der Waals surface area contributed by atoms with Crippen LogP contribution in [-0.2, 0) is 18.4 Å². The maximum atomic E-state index is 16.3. The molecule has 2 saturated heterocycles. The highest BCUT2D eigenvalue weighted by Crippen LogP contribution is 2.53. The van der Waals surface area contributed by atoms with Gasteiger partial charge >= 0.3 is 0 Å². The van der Waals surface area contributed by atoms with Gasteiger partial charge in [-0.3, -0.25) is 4.79 Å². The summed E-state index contributed by atoms with van der Waals surface area (Å²) in [5.41, 5.74) is 10.3. The van der Waals surface area contributed by atoms with E-state index in [1.807, 2.05) is 6.07 Å². The molecule has 0 bridgehead atoms. The van der Waals surface area contributed by atoms with Crippen molar-refractivity contribution in [2.24, 2.45) is 11.3 Å². The number of aryl methyl sites for hydroxylation is 2. The van der Waals surface area contributed by atoms with Crippen molar-refractivity contribution in [3.8, 4) is 11.5 Å². The normalized spacial score (nSPS) is 24.1. The number of carbonyl (C=O) groups is 1. The van der Waals surface area contributed by atoms with Crippen molar-refractivity contribution in [2.75, 3.05) is 51.3 Å². The lowest BCUT2D eigenvalue weighted by Crippen LogP contribution is -2.58. The van der Waals surface area contributed by atoms with Crippen LogP contribution in [0.25, 0.3) is 0 Å². The molecule has 0 radical (unpaired) electrons. The number of amides is 1. The SMILES string of the molecule is COc1cc(N2CC3(CCC(CN4CCC5(CC4)COc4c5cc(C)c5c4CNC5=O)CC3)C2)c(F)cc1C1c2ccccc2CCC1c1ccccc1. The Bertz CT molecular complexity index is 2090. The van der Waals surface area contributed by atoms with Crippen LogP contribution in [0.4, 0.5) is 10.1 Å². The Labute approximate surface area is 319 Å². The molecule has 4 heterocycles. The summed E-state index contributed by atoms with van der Waals surface area (Å²) in [4.78, 5) is 17.4. The minimum absolute atomic E-state index is 0.0358. The number of ether oxygens (including phenoxy) is 2. The number of piperidine rings is 1. The zero-order valence-corrected chi connectivity index (χ0v) is 31.8. The fourth-order valence-corrected chi connectivity index (χ4v) is 11.5. The Kier molecular flexibility index (Phi) is 8.31. The van der Waals surface area contributed by atoms with E-state index < -0.39 is 0 Å². The van der Waals surface area contributed by atoms with Gasteiger partial charge in [0.1, 0.15) is 17.3 Å². The summed E-state index contributed by atoms with van der Waals surface area (Å²) in [6.45, 7) is 8.61. The molecule has 2 unspecified atom stereocenters. The second-order valence-corrected chi connectivity index (χ2v) is 17.6. The predicted octanol–water partition coefficient (Wildman–Crippen LogP) is 8.67. The molecule has 6 nitrogen and oxygen atoms in total. The van der Waals surface area contributed by atoms with Gasteiger partial charge in [0.05, 0.1) is 25.0 Å². The van der Waals surface area contributed by atoms with Gasteiger partial charge in [-0.1, -0.05) is 60.7 Å². The largest absolute Gasteiger partial charge is 0.496 e. The number of nitrogens with one attached hydrogen (secondary N) is 1. The number of benzene rings is 4. The van der Waals surface area contributed by atoms with Gasteiger partial charge in [0.15, 0.2) is 0 Å². The van der Waals surface area contributed by atoms with Crippen molar-refractivity contribution in [1.82, 2.24) is 10.2 Å². The topological polar surface area (TPSA) is 54.0 Å². The molecule has 2 spiro atoms. The first-order valence-electron chi connectivity index (χ1n) is 20.4. The Morgan fingerprint density at radius 1 is 0.926 bits per heavy atom. The molecule has 1 amide bonds. The molecule has 2 aliphatic carbocycles. The quantitative estimate of drug-likeness (QED) is 0.216. The molecular weight excluding hydrogens is 674 g/mol. The molecule has 4 aromatic carbocycles. The van der Waals surface area contributed by atoms with Crippen molar-refractivity contribution < 1.29 is 18.7 Å². The van der Waals surface area contributed by atoms with E-state index in [1.165, 1.54) is 54.5 Å². The van der Waals surface area contributed by atoms with Crippen LogP contribution in [0, 0.1) is 24.1 Å². The van der Waals surface area contributed by atoms with Crippen LogP contribution < -0.4 is 19.7 Å². The number of likely N-dealkylation sites (tertiary alicyclic amines) is 1. The lowest BCUT2D eigenvalue weighted by atomic mass is 9.65. The Balaban J connectivity index is 0.782. The number of hydrogen-bond acceptors (Lipinski definition) is 5. The molecule has 3 fully saturated rings. The van der Waals surface area contributed by atoms with E-state index in [2.05, 4.69) is 82.7 Å². The third-order valence-corrected chi connectivity index (χ3v) is 14.6. The van der Waals surface area contributed by atoms with Crippen molar-refractivity contribution in [3.63, 3.8) is 0 Å². The average molecular weight is 726 g/mol. The summed E-state index contributed by atoms with van der Waals surface area (Å²) in [6.07, 6.45) is 9.22. The zero-order valence-electron chi connectivity index (χ0n) is 31.8. The van der Waals surface area contributed by atoms with Crippen molar-refractivity contribution in [2.45, 2.75) is 82.1 Å². The van der Waals surface area contributed by atoms with Crippen LogP contribution in [0.2, 0.25) is 0 Å². The molecule has 280 valence electrons. The smallest absolute Gasteiger partial charge is 0.252 e. The Hall–Kier alpha value is -4.36. The molecule has 2 atom stereocenters. The maximum Gasteiger partial charge on any atom is 0.252 e. The monoisotopic (exact) mass is 725 g/mol. The minimum Gasteiger partial charge on any atom is -0.496 e. The highest BCUT2D eigenvalue weighted by Gasteiger charge is 2.48. The first-order chi connectivity index (χ1) is 26.3. The number of anilines is 1. The molecule has 10 rings (SSSR count). The summed E-state index contributed by atoms with van der Waals surface area (Å²) in [5, 5.41) is 3.00. The fourth-order valence-electron chi connectivity index (χ4n) is 11.5. The second kappa shape index (κ2) is 13.1. The maximum absolute atomic E-state index is 16.3. The summed E-state index contributed by atoms with van der Waals surface area (Å²) < 4.78 is 28.8. The van der Waals surface area contributed by atoms with Crippen LogP contribution in [0.5, 0.6) is 11.5 Å². The van der Waals surface area contributed by atoms with E-state index in [9.17, 15) is 4.79 Å². The molecule has 6 aliphatic rings. The Morgan fingerprint density at radius 2 is 1.69 bits per heavy atom. The summed E-state index contributed by atoms with van der Waals surface area (Å²) in [6, 6.07) is 25.5. The third-order valence-electron chi connectivity index (χ3n) is 14.6. The van der Waals surface area contributed by atoms with E-state index in [-0.39, 0.29) is 29.0 Å². The van der Waals surface area contributed by atoms with Crippen LogP contribution in [-0.4, -0.2) is 57.2 Å². The lowest BCUT2D eigenvalue weighted by molar-refractivity contribution is 0.0721. The van der Waals surface area contributed by atoms with Crippen molar-refractivity contribution >= 4 is 11.6 Å².